The van der Waals surface area contributed by atoms with E-state index in [4.69, 9.17) is 4.74 Å². The maximum absolute atomic E-state index is 12.1. The van der Waals surface area contributed by atoms with Crippen molar-refractivity contribution in [2.24, 2.45) is 21.8 Å². The normalized spacial score (nSPS) is 31.9. The van der Waals surface area contributed by atoms with Crippen LogP contribution in [0.2, 0.25) is 0 Å². The molecule has 2 fully saturated rings. The Morgan fingerprint density at radius 2 is 2.13 bits per heavy atom. The Labute approximate surface area is 189 Å². The van der Waals surface area contributed by atoms with Gasteiger partial charge in [0.05, 0.1) is 10.9 Å². The predicted molar refractivity (Wildman–Crippen MR) is 123 cm³/mol. The van der Waals surface area contributed by atoms with Crippen LogP contribution in [0.25, 0.3) is 0 Å². The molecule has 0 aromatic heterocycles. The molecule has 6 nitrogen and oxygen atoms in total. The van der Waals surface area contributed by atoms with Crippen LogP contribution in [0.3, 0.4) is 0 Å². The first kappa shape index (κ1) is 22.6. The first-order valence-corrected chi connectivity index (χ1v) is 12.2. The summed E-state index contributed by atoms with van der Waals surface area (Å²) in [5.41, 5.74) is 2.89. The van der Waals surface area contributed by atoms with E-state index in [1.165, 1.54) is 17.5 Å². The smallest absolute Gasteiger partial charge is 0.257 e. The number of aliphatic hydroxyl groups excluding tert-OH is 1. The molecule has 1 aromatic rings. The van der Waals surface area contributed by atoms with Gasteiger partial charge >= 0.3 is 0 Å². The summed E-state index contributed by atoms with van der Waals surface area (Å²) >= 11 is 0.920. The quantitative estimate of drug-likeness (QED) is 0.472. The highest BCUT2D eigenvalue weighted by atomic mass is 32.2. The van der Waals surface area contributed by atoms with Crippen molar-refractivity contribution >= 4 is 17.9 Å². The zero-order valence-electron chi connectivity index (χ0n) is 18.7. The third-order valence-corrected chi connectivity index (χ3v) is 8.73. The van der Waals surface area contributed by atoms with Crippen molar-refractivity contribution in [3.05, 3.63) is 34.2 Å². The fraction of sp³-hybridized carbons (Fsp3) is 0.708. The monoisotopic (exact) mass is 446 g/mol. The van der Waals surface area contributed by atoms with Crippen LogP contribution in [0.4, 0.5) is 0 Å². The number of rotatable bonds is 7. The number of carbonyl (C=O) groups excluding carboxylic acids is 1. The molecule has 0 bridgehead atoms. The molecular weight excluding hydrogens is 412 g/mol. The van der Waals surface area contributed by atoms with Crippen LogP contribution < -0.4 is 10.1 Å². The Morgan fingerprint density at radius 1 is 1.32 bits per heavy atom. The largest absolute Gasteiger partial charge is 0.484 e. The number of nitroso groups, excluding NO2 is 1. The van der Waals surface area contributed by atoms with Crippen LogP contribution in [0, 0.1) is 22.2 Å². The van der Waals surface area contributed by atoms with Crippen molar-refractivity contribution in [2.75, 3.05) is 13.2 Å². The van der Waals surface area contributed by atoms with Gasteiger partial charge in [0.1, 0.15) is 5.75 Å². The molecule has 0 saturated heterocycles. The number of hydrogen-bond acceptors (Lipinski definition) is 6. The summed E-state index contributed by atoms with van der Waals surface area (Å²) in [6.07, 6.45) is 6.43. The van der Waals surface area contributed by atoms with Gasteiger partial charge < -0.3 is 15.2 Å². The van der Waals surface area contributed by atoms with Crippen molar-refractivity contribution < 1.29 is 14.6 Å². The van der Waals surface area contributed by atoms with E-state index in [2.05, 4.69) is 29.0 Å². The fourth-order valence-electron chi connectivity index (χ4n) is 6.27. The number of amides is 1. The van der Waals surface area contributed by atoms with E-state index >= 15 is 0 Å². The van der Waals surface area contributed by atoms with Gasteiger partial charge in [-0.25, -0.2) is 0 Å². The number of fused-ring (bicyclic) bond motifs is 5. The van der Waals surface area contributed by atoms with E-state index in [0.717, 1.165) is 49.8 Å². The molecule has 0 spiro atoms. The van der Waals surface area contributed by atoms with Gasteiger partial charge in [-0.2, -0.15) is 0 Å². The average molecular weight is 447 g/mol. The van der Waals surface area contributed by atoms with Crippen molar-refractivity contribution in [1.29, 1.82) is 0 Å². The SMILES string of the molecule is CC(C)(CNC(=O)COc1ccc2c(c1)CCC1C2CCC2(C)C(O)CCC12)SN=O. The minimum Gasteiger partial charge on any atom is -0.484 e. The second-order valence-electron chi connectivity index (χ2n) is 10.4. The summed E-state index contributed by atoms with van der Waals surface area (Å²) in [7, 11) is 0. The molecule has 3 aliphatic carbocycles. The number of hydrogen-bond donors (Lipinski definition) is 2. The van der Waals surface area contributed by atoms with Gasteiger partial charge in [0.2, 0.25) is 0 Å². The highest BCUT2D eigenvalue weighted by molar-refractivity contribution is 7.99. The van der Waals surface area contributed by atoms with Crippen LogP contribution in [0.15, 0.2) is 22.8 Å². The van der Waals surface area contributed by atoms with E-state index in [0.29, 0.717) is 24.3 Å². The zero-order chi connectivity index (χ0) is 22.2. The van der Waals surface area contributed by atoms with Crippen LogP contribution in [0.1, 0.15) is 69.9 Å². The lowest BCUT2D eigenvalue weighted by Gasteiger charge is -2.50. The first-order valence-electron chi connectivity index (χ1n) is 11.4. The highest BCUT2D eigenvalue weighted by Gasteiger charge is 2.54. The third kappa shape index (κ3) is 4.49. The number of carbonyl (C=O) groups is 1. The molecule has 5 unspecified atom stereocenters. The van der Waals surface area contributed by atoms with Gasteiger partial charge in [0.25, 0.3) is 5.91 Å². The Kier molecular flexibility index (Phi) is 6.37. The highest BCUT2D eigenvalue weighted by Crippen LogP contribution is 2.60. The Hall–Kier alpha value is -1.60. The molecule has 1 aromatic carbocycles. The molecule has 0 radical (unpaired) electrons. The fourth-order valence-corrected chi connectivity index (χ4v) is 6.60. The number of aliphatic hydroxyl groups is 1. The molecule has 31 heavy (non-hydrogen) atoms. The van der Waals surface area contributed by atoms with Gasteiger partial charge in [-0.05, 0) is 98.8 Å². The van der Waals surface area contributed by atoms with E-state index in [1.807, 2.05) is 19.9 Å². The average Bonchev–Trinajstić information content (AvgIpc) is 3.05. The second kappa shape index (κ2) is 8.74. The maximum atomic E-state index is 12.1. The van der Waals surface area contributed by atoms with Crippen LogP contribution in [-0.4, -0.2) is 35.0 Å². The molecule has 5 atom stereocenters. The van der Waals surface area contributed by atoms with Crippen molar-refractivity contribution in [2.45, 2.75) is 76.1 Å². The van der Waals surface area contributed by atoms with Crippen LogP contribution in [-0.2, 0) is 11.2 Å². The number of nitrogens with one attached hydrogen (secondary N) is 1. The second-order valence-corrected chi connectivity index (χ2v) is 11.8. The lowest BCUT2D eigenvalue weighted by Crippen LogP contribution is -2.43. The lowest BCUT2D eigenvalue weighted by molar-refractivity contribution is -0.123. The Morgan fingerprint density at radius 3 is 2.90 bits per heavy atom. The topological polar surface area (TPSA) is 88.0 Å². The summed E-state index contributed by atoms with van der Waals surface area (Å²) in [4.78, 5) is 22.6. The predicted octanol–water partition coefficient (Wildman–Crippen LogP) is 4.59. The van der Waals surface area contributed by atoms with E-state index in [1.54, 1.807) is 0 Å². The molecule has 3 aliphatic rings. The summed E-state index contributed by atoms with van der Waals surface area (Å²) in [5.74, 6) is 2.40. The number of benzene rings is 1. The van der Waals surface area contributed by atoms with Crippen LogP contribution in [0.5, 0.6) is 5.75 Å². The molecule has 0 heterocycles. The van der Waals surface area contributed by atoms with Gasteiger partial charge in [-0.15, -0.1) is 4.91 Å². The minimum absolute atomic E-state index is 0.0432. The lowest BCUT2D eigenvalue weighted by atomic mass is 9.55. The standard InChI is InChI=1S/C24H34N2O4S/c1-23(2,31-26-29)14-25-22(28)13-30-16-5-7-17-15(12-16)4-6-19-18(17)10-11-24(3)20(19)8-9-21(24)27/h5,7,12,18-21,27H,4,6,8-11,13-14H2,1-3H3,(H,25,28). The number of nitrogens with zero attached hydrogens (tertiary/aromatic N) is 1. The van der Waals surface area contributed by atoms with E-state index in [-0.39, 0.29) is 24.0 Å². The first-order chi connectivity index (χ1) is 14.7. The van der Waals surface area contributed by atoms with Gasteiger partial charge in [-0.1, -0.05) is 13.0 Å². The Bertz CT molecular complexity index is 845. The third-order valence-electron chi connectivity index (χ3n) is 8.01. The minimum atomic E-state index is -0.439. The summed E-state index contributed by atoms with van der Waals surface area (Å²) in [5, 5.41) is 13.4. The van der Waals surface area contributed by atoms with Gasteiger partial charge in [0, 0.05) is 23.1 Å². The number of aryl methyl sites for hydroxylation is 1. The van der Waals surface area contributed by atoms with Gasteiger partial charge in [0.15, 0.2) is 6.61 Å². The molecular formula is C24H34N2O4S. The maximum Gasteiger partial charge on any atom is 0.257 e. The molecule has 2 N–H and O–H groups in total. The molecule has 0 aliphatic heterocycles. The molecule has 170 valence electrons. The zero-order valence-corrected chi connectivity index (χ0v) is 19.5. The van der Waals surface area contributed by atoms with E-state index in [9.17, 15) is 14.8 Å². The molecule has 7 heteroatoms. The van der Waals surface area contributed by atoms with Gasteiger partial charge in [-0.3, -0.25) is 4.79 Å². The molecule has 4 rings (SSSR count). The molecule has 2 saturated carbocycles. The van der Waals surface area contributed by atoms with Crippen molar-refractivity contribution in [3.8, 4) is 5.75 Å². The Balaban J connectivity index is 1.36. The van der Waals surface area contributed by atoms with E-state index < -0.39 is 4.75 Å². The summed E-state index contributed by atoms with van der Waals surface area (Å²) in [6, 6.07) is 6.29. The van der Waals surface area contributed by atoms with Crippen LogP contribution >= 0.6 is 11.9 Å². The number of ether oxygens (including phenoxy) is 1. The molecule has 1 amide bonds. The summed E-state index contributed by atoms with van der Waals surface area (Å²) < 4.78 is 8.16. The van der Waals surface area contributed by atoms with Crippen molar-refractivity contribution in [1.82, 2.24) is 5.32 Å². The van der Waals surface area contributed by atoms with Crippen molar-refractivity contribution in [3.63, 3.8) is 0 Å². The summed E-state index contributed by atoms with van der Waals surface area (Å²) in [6.45, 7) is 6.33.